The zero-order valence-electron chi connectivity index (χ0n) is 70.5. The van der Waals surface area contributed by atoms with Gasteiger partial charge in [0.25, 0.3) is 0 Å². The summed E-state index contributed by atoms with van der Waals surface area (Å²) in [5.41, 5.74) is 40.9. The number of nitrogens with zero attached hydrogens (tertiary/aromatic N) is 2. The molecular formula is C78H127N27O16S2. The van der Waals surface area contributed by atoms with Gasteiger partial charge >= 0.3 is 5.69 Å². The van der Waals surface area contributed by atoms with Crippen molar-refractivity contribution < 1.29 is 72.4 Å². The SMILES string of the molecule is CC[C@H](C)[C@H](NC(=O)[C@H](CCCNC(=N)N)NC(=O)[C@H](CCCNC(=N)N)NC(=O)[C@H](CC(C)C)NC(=O)[C@H](Cc1ccccc1)NC(=O)CNC(=O)CNC(=O)[C@@H](N)Cc1ccc(O)cc1)C(=O)N[C@@H](CCCNC(=N)N)C(=O)N[C@@H](CSSc1ncccc1[N+](=O)[O-])C(=O)N[C@@H](CCCCN)C(=O)N[C@@H](CC(C)C)C(=O)N[C@@H](CCCCN)C(N)=O. The molecule has 45 heteroatoms. The fourth-order valence-corrected chi connectivity index (χ4v) is 14.4. The second-order valence-electron chi connectivity index (χ2n) is 30.3. The second-order valence-corrected chi connectivity index (χ2v) is 32.6. The molecule has 1 aromatic heterocycles. The van der Waals surface area contributed by atoms with Crippen molar-refractivity contribution in [3.63, 3.8) is 0 Å². The minimum atomic E-state index is -1.64. The van der Waals surface area contributed by atoms with Gasteiger partial charge in [-0.1, -0.05) is 101 Å². The number of hydrogen-bond donors (Lipinski definition) is 26. The number of aromatic nitrogens is 1. The highest BCUT2D eigenvalue weighted by atomic mass is 33.1. The molecule has 2 aromatic carbocycles. The predicted octanol–water partition coefficient (Wildman–Crippen LogP) is -3.00. The Kier molecular flexibility index (Phi) is 49.4. The fraction of sp³-hybridized carbons (Fsp3) is 0.577. The standard InChI is InChI=1S/C78H127N27O16S2/c1-7-46(6)63(74(119)100-54(24-16-35-91-77(85)86)68(113)103-59(43-122-123-75-60(105(120)121)26-18-33-89-75)73(118)99-52(22-12-14-32-80)67(112)101-56(37-44(2)3)70(115)96-51(64(82)109)21-11-13-31-79)104-69(114)55(25-17-36-92-78(87)88)97-66(111)53(23-15-34-90-76(83)84)98-71(116)57(38-45(4)5)102-72(117)58(40-47-19-9-8-10-20-47)95-62(108)42-93-61(107)41-94-65(110)50(81)39-48-27-29-49(106)30-28-48/h8-10,18-20,26-30,33,44-46,50-59,63,106H,7,11-17,21-25,31-32,34-43,79-81H2,1-6H3,(H2,82,109)(H,93,107)(H,94,110)(H,95,108)(H,96,115)(H,97,111)(H,98,116)(H,99,118)(H,100,119)(H,101,112)(H,102,117)(H,103,113)(H,104,114)(H4,83,84,90)(H4,85,86,91)(H4,87,88,92)/t46-,50-,51-,52-,53-,54-,55-,56-,57-,58-,59-,63-/m0/s1. The van der Waals surface area contributed by atoms with Crippen molar-refractivity contribution in [2.75, 3.05) is 51.6 Å². The maximum absolute atomic E-state index is 15.1. The number of rotatable bonds is 60. The van der Waals surface area contributed by atoms with E-state index in [9.17, 15) is 63.2 Å². The van der Waals surface area contributed by atoms with Gasteiger partial charge in [-0.25, -0.2) is 4.98 Å². The molecule has 33 N–H and O–H groups in total. The summed E-state index contributed by atoms with van der Waals surface area (Å²) in [7, 11) is 1.65. The maximum atomic E-state index is 15.1. The maximum Gasteiger partial charge on any atom is 0.302 e. The molecule has 13 amide bonds. The summed E-state index contributed by atoms with van der Waals surface area (Å²) in [4.78, 5) is 200. The molecule has 3 aromatic rings. The van der Waals surface area contributed by atoms with Gasteiger partial charge in [0.1, 0.15) is 66.2 Å². The molecule has 0 bridgehead atoms. The molecule has 0 aliphatic heterocycles. The number of nitrogens with one attached hydrogen (secondary N) is 18. The number of nitrogens with two attached hydrogens (primary N) is 7. The van der Waals surface area contributed by atoms with Gasteiger partial charge in [-0.3, -0.25) is 88.7 Å². The molecule has 0 unspecified atom stereocenters. The van der Waals surface area contributed by atoms with Crippen LogP contribution >= 0.6 is 21.6 Å². The van der Waals surface area contributed by atoms with Crippen LogP contribution in [0.2, 0.25) is 0 Å². The third-order valence-electron chi connectivity index (χ3n) is 19.0. The van der Waals surface area contributed by atoms with E-state index in [1.807, 2.05) is 0 Å². The van der Waals surface area contributed by atoms with Crippen molar-refractivity contribution >= 4 is 122 Å². The first-order valence-corrected chi connectivity index (χ1v) is 43.1. The van der Waals surface area contributed by atoms with E-state index in [2.05, 4.69) is 84.7 Å². The Morgan fingerprint density at radius 3 is 1.32 bits per heavy atom. The molecule has 1 heterocycles. The molecule has 43 nitrogen and oxygen atoms in total. The number of nitro groups is 1. The summed E-state index contributed by atoms with van der Waals surface area (Å²) in [6.07, 6.45) is 2.73. The van der Waals surface area contributed by atoms with E-state index in [0.717, 1.165) is 21.6 Å². The van der Waals surface area contributed by atoms with Crippen LogP contribution in [0.25, 0.3) is 0 Å². The first kappa shape index (κ1) is 105. The Bertz CT molecular complexity index is 3970. The molecule has 0 spiro atoms. The smallest absolute Gasteiger partial charge is 0.302 e. The highest BCUT2D eigenvalue weighted by molar-refractivity contribution is 8.76. The summed E-state index contributed by atoms with van der Waals surface area (Å²) in [5, 5.41) is 84.6. The Labute approximate surface area is 723 Å². The van der Waals surface area contributed by atoms with E-state index < -0.39 is 185 Å². The number of benzene rings is 2. The zero-order chi connectivity index (χ0) is 91.7. The van der Waals surface area contributed by atoms with Crippen molar-refractivity contribution in [3.05, 3.63) is 94.2 Å². The van der Waals surface area contributed by atoms with Crippen LogP contribution in [0.3, 0.4) is 0 Å². The third kappa shape index (κ3) is 42.6. The lowest BCUT2D eigenvalue weighted by atomic mass is 9.96. The van der Waals surface area contributed by atoms with Gasteiger partial charge in [-0.05, 0) is 167 Å². The largest absolute Gasteiger partial charge is 0.508 e. The lowest BCUT2D eigenvalue weighted by molar-refractivity contribution is -0.388. The molecular weight excluding hydrogens is 1640 g/mol. The minimum Gasteiger partial charge on any atom is -0.508 e. The Morgan fingerprint density at radius 2 is 0.862 bits per heavy atom. The highest BCUT2D eigenvalue weighted by Gasteiger charge is 2.38. The topological polar surface area (TPSA) is 732 Å². The van der Waals surface area contributed by atoms with Gasteiger partial charge in [0, 0.05) is 44.1 Å². The third-order valence-corrected chi connectivity index (χ3v) is 21.3. The van der Waals surface area contributed by atoms with E-state index >= 15 is 14.4 Å². The van der Waals surface area contributed by atoms with Crippen molar-refractivity contribution in [2.24, 2.45) is 57.9 Å². The summed E-state index contributed by atoms with van der Waals surface area (Å²) in [6.45, 7) is 9.67. The lowest BCUT2D eigenvalue weighted by Crippen LogP contribution is -2.61. The number of hydrogen-bond acceptors (Lipinski definition) is 25. The normalized spacial score (nSPS) is 14.0. The molecule has 0 fully saturated rings. The van der Waals surface area contributed by atoms with Gasteiger partial charge < -0.3 is 125 Å². The Balaban J connectivity index is 2.07. The highest BCUT2D eigenvalue weighted by Crippen LogP contribution is 2.36. The molecule has 12 atom stereocenters. The first-order chi connectivity index (χ1) is 58.4. The van der Waals surface area contributed by atoms with E-state index in [-0.39, 0.29) is 150 Å². The molecule has 0 saturated carbocycles. The number of amides is 13. The number of phenolic OH excluding ortho intramolecular Hbond substituents is 1. The van der Waals surface area contributed by atoms with E-state index in [0.29, 0.717) is 36.9 Å². The van der Waals surface area contributed by atoms with Gasteiger partial charge in [0.05, 0.1) is 24.1 Å². The van der Waals surface area contributed by atoms with Crippen molar-refractivity contribution in [3.8, 4) is 5.75 Å². The van der Waals surface area contributed by atoms with Crippen LogP contribution in [0, 0.1) is 44.1 Å². The zero-order valence-corrected chi connectivity index (χ0v) is 72.1. The quantitative estimate of drug-likeness (QED) is 0.00669. The molecule has 0 aliphatic carbocycles. The van der Waals surface area contributed by atoms with Gasteiger partial charge in [-0.15, -0.1) is 0 Å². The second kappa shape index (κ2) is 57.6. The number of phenols is 1. The number of guanidine groups is 3. The molecule has 3 rings (SSSR count). The number of pyridine rings is 1. The van der Waals surface area contributed by atoms with Crippen LogP contribution in [0.4, 0.5) is 5.69 Å². The average Bonchev–Trinajstić information content (AvgIpc) is 0.852. The summed E-state index contributed by atoms with van der Waals surface area (Å²) >= 11 is 0. The Morgan fingerprint density at radius 1 is 0.455 bits per heavy atom. The van der Waals surface area contributed by atoms with Crippen LogP contribution in [0.5, 0.6) is 5.75 Å². The number of carbonyl (C=O) groups excluding carboxylic acids is 13. The van der Waals surface area contributed by atoms with Crippen LogP contribution in [0.1, 0.15) is 149 Å². The fourth-order valence-electron chi connectivity index (χ4n) is 12.2. The van der Waals surface area contributed by atoms with Crippen LogP contribution in [0.15, 0.2) is 78.0 Å². The summed E-state index contributed by atoms with van der Waals surface area (Å²) in [5.74, 6) is -14.2. The van der Waals surface area contributed by atoms with Crippen molar-refractivity contribution in [1.29, 1.82) is 16.2 Å². The molecule has 0 saturated heterocycles. The summed E-state index contributed by atoms with van der Waals surface area (Å²) < 4.78 is 0. The van der Waals surface area contributed by atoms with Crippen molar-refractivity contribution in [2.45, 2.75) is 222 Å². The van der Waals surface area contributed by atoms with Crippen molar-refractivity contribution in [1.82, 2.24) is 84.7 Å². The van der Waals surface area contributed by atoms with E-state index in [1.165, 1.54) is 30.5 Å². The monoisotopic (exact) mass is 1760 g/mol. The van der Waals surface area contributed by atoms with Crippen LogP contribution in [-0.2, 0) is 75.2 Å². The predicted molar refractivity (Wildman–Crippen MR) is 465 cm³/mol. The van der Waals surface area contributed by atoms with Gasteiger partial charge in [0.15, 0.2) is 22.9 Å². The molecule has 682 valence electrons. The van der Waals surface area contributed by atoms with Gasteiger partial charge in [-0.2, -0.15) is 0 Å². The summed E-state index contributed by atoms with van der Waals surface area (Å²) in [6, 6.07) is 1.65. The first-order valence-electron chi connectivity index (χ1n) is 40.8. The molecule has 0 aliphatic rings. The number of aromatic hydroxyl groups is 1. The van der Waals surface area contributed by atoms with E-state index in [1.54, 1.807) is 84.0 Å². The minimum absolute atomic E-state index is 0.00680. The van der Waals surface area contributed by atoms with Crippen LogP contribution < -0.4 is 120 Å². The van der Waals surface area contributed by atoms with Crippen LogP contribution in [-0.4, -0.2) is 228 Å². The number of primary amides is 1. The molecule has 0 radical (unpaired) electrons. The number of unbranched alkanes of at least 4 members (excludes halogenated alkanes) is 2. The van der Waals surface area contributed by atoms with E-state index in [4.69, 9.17) is 56.4 Å². The Hall–Kier alpha value is -11.7. The van der Waals surface area contributed by atoms with Gasteiger partial charge in [0.2, 0.25) is 76.8 Å². The molecule has 123 heavy (non-hydrogen) atoms. The number of carbonyl (C=O) groups is 13. The average molecular weight is 1760 g/mol. The lowest BCUT2D eigenvalue weighted by Gasteiger charge is -2.30.